The summed E-state index contributed by atoms with van der Waals surface area (Å²) in [5.41, 5.74) is 1.36. The first kappa shape index (κ1) is 13.3. The minimum absolute atomic E-state index is 0.496. The molecule has 0 aromatic carbocycles. The van der Waals surface area contributed by atoms with E-state index in [2.05, 4.69) is 45.0 Å². The van der Waals surface area contributed by atoms with Gasteiger partial charge in [0.05, 0.1) is 22.4 Å². The molecule has 3 aliphatic carbocycles. The maximum Gasteiger partial charge on any atom is 0.0695 e. The minimum atomic E-state index is 0.496. The zero-order chi connectivity index (χ0) is 13.9. The Hall–Kier alpha value is -0.350. The summed E-state index contributed by atoms with van der Waals surface area (Å²) in [6, 6.07) is 0.496. The van der Waals surface area contributed by atoms with E-state index in [0.29, 0.717) is 6.04 Å². The van der Waals surface area contributed by atoms with Gasteiger partial charge in [-0.25, -0.2) is 0 Å². The largest absolute Gasteiger partial charge is 0.308 e. The molecule has 4 rings (SSSR count). The quantitative estimate of drug-likeness (QED) is 0.890. The molecular formula is C16H24BrN3. The average Bonchev–Trinajstić information content (AvgIpc) is 2.73. The second-order valence-corrected chi connectivity index (χ2v) is 7.85. The highest BCUT2D eigenvalue weighted by Gasteiger charge is 2.67. The second-order valence-electron chi connectivity index (χ2n) is 7.00. The highest BCUT2D eigenvalue weighted by molar-refractivity contribution is 9.10. The Bertz CT molecular complexity index is 476. The van der Waals surface area contributed by atoms with Gasteiger partial charge in [0, 0.05) is 7.05 Å². The molecule has 0 spiro atoms. The van der Waals surface area contributed by atoms with Crippen molar-refractivity contribution in [2.75, 3.05) is 6.54 Å². The molecule has 0 radical (unpaired) electrons. The Morgan fingerprint density at radius 1 is 1.40 bits per heavy atom. The lowest BCUT2D eigenvalue weighted by atomic mass is 9.95. The number of nitrogens with one attached hydrogen (secondary N) is 1. The van der Waals surface area contributed by atoms with Crippen LogP contribution in [0.5, 0.6) is 0 Å². The van der Waals surface area contributed by atoms with Gasteiger partial charge in [-0.1, -0.05) is 6.92 Å². The van der Waals surface area contributed by atoms with Crippen LogP contribution in [0.2, 0.25) is 0 Å². The van der Waals surface area contributed by atoms with Crippen molar-refractivity contribution in [1.29, 1.82) is 0 Å². The van der Waals surface area contributed by atoms with Crippen molar-refractivity contribution in [1.82, 2.24) is 15.1 Å². The summed E-state index contributed by atoms with van der Waals surface area (Å²) in [6.07, 6.45) is 7.66. The third-order valence-electron chi connectivity index (χ3n) is 6.03. The van der Waals surface area contributed by atoms with Crippen molar-refractivity contribution >= 4 is 15.9 Å². The van der Waals surface area contributed by atoms with Crippen LogP contribution in [0.25, 0.3) is 0 Å². The zero-order valence-corrected chi connectivity index (χ0v) is 13.9. The number of rotatable bonds is 5. The monoisotopic (exact) mass is 337 g/mol. The van der Waals surface area contributed by atoms with Gasteiger partial charge in [-0.15, -0.1) is 0 Å². The lowest BCUT2D eigenvalue weighted by Crippen LogP contribution is -2.28. The van der Waals surface area contributed by atoms with Crippen molar-refractivity contribution < 1.29 is 0 Å². The number of aromatic nitrogens is 2. The lowest BCUT2D eigenvalue weighted by molar-refractivity contribution is 0.356. The van der Waals surface area contributed by atoms with E-state index in [0.717, 1.165) is 36.1 Å². The summed E-state index contributed by atoms with van der Waals surface area (Å²) in [7, 11) is 2.08. The van der Waals surface area contributed by atoms with E-state index in [-0.39, 0.29) is 0 Å². The highest BCUT2D eigenvalue weighted by atomic mass is 79.9. The molecule has 3 nitrogen and oxygen atoms in total. The predicted molar refractivity (Wildman–Crippen MR) is 83.2 cm³/mol. The van der Waals surface area contributed by atoms with Crippen LogP contribution in [0, 0.1) is 29.6 Å². The van der Waals surface area contributed by atoms with Gasteiger partial charge in [-0.2, -0.15) is 5.10 Å². The van der Waals surface area contributed by atoms with Gasteiger partial charge in [0.15, 0.2) is 0 Å². The van der Waals surface area contributed by atoms with Crippen LogP contribution >= 0.6 is 15.9 Å². The third kappa shape index (κ3) is 1.83. The van der Waals surface area contributed by atoms with E-state index in [1.165, 1.54) is 35.8 Å². The molecule has 2 bridgehead atoms. The summed E-state index contributed by atoms with van der Waals surface area (Å²) in [4.78, 5) is 0. The first-order valence-corrected chi connectivity index (χ1v) is 8.92. The van der Waals surface area contributed by atoms with Crippen LogP contribution in [-0.4, -0.2) is 16.3 Å². The Balaban J connectivity index is 1.61. The number of nitrogens with zero attached hydrogens (tertiary/aromatic N) is 2. The smallest absolute Gasteiger partial charge is 0.0695 e. The zero-order valence-electron chi connectivity index (χ0n) is 12.3. The summed E-state index contributed by atoms with van der Waals surface area (Å²) in [5.74, 6) is 4.94. The SMILES string of the molecule is CCCNC(c1c(Br)cnn1C)C1C2C3CCC(C3)C21. The lowest BCUT2D eigenvalue weighted by Gasteiger charge is -2.23. The summed E-state index contributed by atoms with van der Waals surface area (Å²) in [5, 5.41) is 8.25. The first-order chi connectivity index (χ1) is 9.72. The predicted octanol–water partition coefficient (Wildman–Crippen LogP) is 3.52. The standard InChI is InChI=1S/C16H24BrN3/c1-3-6-18-15(16-11(17)8-19-20(16)2)14-12-9-4-5-10(7-9)13(12)14/h8-10,12-15,18H,3-7H2,1-2H3. The molecule has 1 aromatic rings. The molecule has 1 aromatic heterocycles. The molecule has 1 N–H and O–H groups in total. The molecule has 110 valence electrons. The van der Waals surface area contributed by atoms with Gasteiger partial charge in [-0.05, 0) is 77.7 Å². The number of halogens is 1. The van der Waals surface area contributed by atoms with Gasteiger partial charge >= 0.3 is 0 Å². The molecule has 0 amide bonds. The minimum Gasteiger partial charge on any atom is -0.308 e. The van der Waals surface area contributed by atoms with Gasteiger partial charge in [-0.3, -0.25) is 4.68 Å². The summed E-state index contributed by atoms with van der Waals surface area (Å²) < 4.78 is 3.24. The van der Waals surface area contributed by atoms with E-state index in [9.17, 15) is 0 Å². The molecule has 4 heteroatoms. The van der Waals surface area contributed by atoms with Crippen molar-refractivity contribution in [3.8, 4) is 0 Å². The van der Waals surface area contributed by atoms with Crippen LogP contribution in [0.15, 0.2) is 10.7 Å². The molecule has 0 saturated heterocycles. The van der Waals surface area contributed by atoms with Crippen LogP contribution < -0.4 is 5.32 Å². The fourth-order valence-corrected chi connectivity index (χ4v) is 5.92. The third-order valence-corrected chi connectivity index (χ3v) is 6.64. The van der Waals surface area contributed by atoms with Crippen molar-refractivity contribution in [3.63, 3.8) is 0 Å². The fraction of sp³-hybridized carbons (Fsp3) is 0.812. The highest BCUT2D eigenvalue weighted by Crippen LogP contribution is 2.72. The van der Waals surface area contributed by atoms with E-state index >= 15 is 0 Å². The van der Waals surface area contributed by atoms with E-state index in [1.54, 1.807) is 0 Å². The van der Waals surface area contributed by atoms with E-state index in [4.69, 9.17) is 0 Å². The second kappa shape index (κ2) is 4.84. The molecule has 3 aliphatic rings. The van der Waals surface area contributed by atoms with Crippen molar-refractivity contribution in [2.45, 2.75) is 38.6 Å². The molecule has 5 unspecified atom stereocenters. The first-order valence-electron chi connectivity index (χ1n) is 8.13. The molecule has 3 saturated carbocycles. The Morgan fingerprint density at radius 3 is 2.65 bits per heavy atom. The van der Waals surface area contributed by atoms with Crippen molar-refractivity contribution in [3.05, 3.63) is 16.4 Å². The number of aryl methyl sites for hydroxylation is 1. The number of hydrogen-bond donors (Lipinski definition) is 1. The maximum absolute atomic E-state index is 4.43. The molecule has 0 aliphatic heterocycles. The molecule has 1 heterocycles. The fourth-order valence-electron chi connectivity index (χ4n) is 5.32. The van der Waals surface area contributed by atoms with Crippen molar-refractivity contribution in [2.24, 2.45) is 36.6 Å². The van der Waals surface area contributed by atoms with Crippen LogP contribution in [0.1, 0.15) is 44.3 Å². The Kier molecular flexibility index (Phi) is 3.22. The van der Waals surface area contributed by atoms with Crippen LogP contribution in [0.4, 0.5) is 0 Å². The molecule has 20 heavy (non-hydrogen) atoms. The van der Waals surface area contributed by atoms with Gasteiger partial charge in [0.2, 0.25) is 0 Å². The number of hydrogen-bond acceptors (Lipinski definition) is 2. The normalized spacial score (nSPS) is 39.0. The average molecular weight is 338 g/mol. The number of fused-ring (bicyclic) bond motifs is 5. The van der Waals surface area contributed by atoms with Crippen LogP contribution in [-0.2, 0) is 7.05 Å². The summed E-state index contributed by atoms with van der Waals surface area (Å²) in [6.45, 7) is 3.35. The Morgan fingerprint density at radius 2 is 2.10 bits per heavy atom. The van der Waals surface area contributed by atoms with E-state index < -0.39 is 0 Å². The molecular weight excluding hydrogens is 314 g/mol. The summed E-state index contributed by atoms with van der Waals surface area (Å²) >= 11 is 3.71. The molecule has 5 atom stereocenters. The Labute approximate surface area is 129 Å². The van der Waals surface area contributed by atoms with E-state index in [1.807, 2.05) is 6.20 Å². The van der Waals surface area contributed by atoms with Gasteiger partial charge in [0.1, 0.15) is 0 Å². The maximum atomic E-state index is 4.43. The van der Waals surface area contributed by atoms with Gasteiger partial charge in [0.25, 0.3) is 0 Å². The van der Waals surface area contributed by atoms with Gasteiger partial charge < -0.3 is 5.32 Å². The molecule has 3 fully saturated rings. The topological polar surface area (TPSA) is 29.9 Å². The van der Waals surface area contributed by atoms with Crippen LogP contribution in [0.3, 0.4) is 0 Å².